The number of nitrogens with two attached hydrogens (primary N) is 2. The average Bonchev–Trinajstić information content (AvgIpc) is 2.74. The Bertz CT molecular complexity index is 409. The summed E-state index contributed by atoms with van der Waals surface area (Å²) in [5, 5.41) is 12.6. The van der Waals surface area contributed by atoms with E-state index in [9.17, 15) is 9.59 Å². The lowest BCUT2D eigenvalue weighted by Gasteiger charge is -2.12. The van der Waals surface area contributed by atoms with Gasteiger partial charge >= 0.3 is 0 Å². The number of hydrogen-bond acceptors (Lipinski definition) is 6. The largest absolute Gasteiger partial charge is 0.356 e. The maximum absolute atomic E-state index is 12.0. The van der Waals surface area contributed by atoms with Crippen molar-refractivity contribution in [3.05, 3.63) is 0 Å². The molecule has 8 nitrogen and oxygen atoms in total. The molecule has 2 amide bonds. The molecule has 8 heteroatoms. The Morgan fingerprint density at radius 2 is 1.33 bits per heavy atom. The molecule has 0 rings (SSSR count). The van der Waals surface area contributed by atoms with Crippen LogP contribution in [0.4, 0.5) is 0 Å². The first kappa shape index (κ1) is 28.8. The van der Waals surface area contributed by atoms with Gasteiger partial charge in [0.05, 0.1) is 6.04 Å². The van der Waals surface area contributed by atoms with E-state index in [-0.39, 0.29) is 11.8 Å². The van der Waals surface area contributed by atoms with E-state index in [0.717, 1.165) is 90.5 Å². The van der Waals surface area contributed by atoms with E-state index in [4.69, 9.17) is 11.5 Å². The molecule has 0 saturated heterocycles. The lowest BCUT2D eigenvalue weighted by atomic mass is 10.1. The van der Waals surface area contributed by atoms with Crippen LogP contribution in [0.25, 0.3) is 0 Å². The highest BCUT2D eigenvalue weighted by Crippen LogP contribution is 2.00. The molecule has 0 unspecified atom stereocenters. The first-order chi connectivity index (χ1) is 14.6. The fraction of sp³-hybridized carbons (Fsp3) is 0.909. The molecule has 0 aliphatic heterocycles. The summed E-state index contributed by atoms with van der Waals surface area (Å²) >= 11 is 0. The van der Waals surface area contributed by atoms with Crippen LogP contribution in [-0.2, 0) is 9.59 Å². The van der Waals surface area contributed by atoms with Crippen molar-refractivity contribution in [2.45, 2.75) is 83.6 Å². The Labute approximate surface area is 184 Å². The maximum atomic E-state index is 12.0. The lowest BCUT2D eigenvalue weighted by Crippen LogP contribution is -2.41. The molecule has 0 aromatic heterocycles. The second-order valence-electron chi connectivity index (χ2n) is 7.90. The molecular formula is C22H48N6O2. The molecule has 0 aliphatic carbocycles. The molecule has 0 bridgehead atoms. The van der Waals surface area contributed by atoms with Crippen LogP contribution in [0, 0.1) is 0 Å². The molecule has 0 radical (unpaired) electrons. The summed E-state index contributed by atoms with van der Waals surface area (Å²) in [5.74, 6) is 0.0421. The second-order valence-corrected chi connectivity index (χ2v) is 7.90. The van der Waals surface area contributed by atoms with Crippen molar-refractivity contribution in [1.29, 1.82) is 0 Å². The van der Waals surface area contributed by atoms with Crippen LogP contribution in [0.3, 0.4) is 0 Å². The molecule has 0 aliphatic rings. The smallest absolute Gasteiger partial charge is 0.236 e. The first-order valence-electron chi connectivity index (χ1n) is 12.0. The van der Waals surface area contributed by atoms with Gasteiger partial charge in [-0.3, -0.25) is 9.59 Å². The van der Waals surface area contributed by atoms with Gasteiger partial charge in [0.2, 0.25) is 11.8 Å². The summed E-state index contributed by atoms with van der Waals surface area (Å²) in [6, 6.07) is -0.468. The minimum Gasteiger partial charge on any atom is -0.356 e. The Hall–Kier alpha value is -1.22. The monoisotopic (exact) mass is 428 g/mol. The Balaban J connectivity index is 3.40. The zero-order valence-electron chi connectivity index (χ0n) is 19.3. The van der Waals surface area contributed by atoms with Crippen molar-refractivity contribution < 1.29 is 9.59 Å². The van der Waals surface area contributed by atoms with Gasteiger partial charge in [-0.05, 0) is 84.1 Å². The minimum atomic E-state index is -0.468. The normalized spacial score (nSPS) is 12.0. The SMILES string of the molecule is CCCCCC(=O)NCCCC[C@H](N)C(=O)NCCCNCCCCNCCCN. The van der Waals surface area contributed by atoms with E-state index in [1.54, 1.807) is 0 Å². The number of hydrogen-bond donors (Lipinski definition) is 6. The van der Waals surface area contributed by atoms with Gasteiger partial charge in [-0.2, -0.15) is 0 Å². The van der Waals surface area contributed by atoms with Gasteiger partial charge in [0.25, 0.3) is 0 Å². The fourth-order valence-electron chi connectivity index (χ4n) is 3.01. The van der Waals surface area contributed by atoms with Crippen LogP contribution in [0.15, 0.2) is 0 Å². The van der Waals surface area contributed by atoms with Crippen molar-refractivity contribution in [3.8, 4) is 0 Å². The van der Waals surface area contributed by atoms with Crippen molar-refractivity contribution in [2.24, 2.45) is 11.5 Å². The number of nitrogens with one attached hydrogen (secondary N) is 4. The number of rotatable bonds is 22. The zero-order valence-corrected chi connectivity index (χ0v) is 19.3. The predicted octanol–water partition coefficient (Wildman–Crippen LogP) is 0.995. The molecule has 178 valence electrons. The quantitative estimate of drug-likeness (QED) is 0.142. The molecular weight excluding hydrogens is 380 g/mol. The van der Waals surface area contributed by atoms with E-state index in [0.29, 0.717) is 25.9 Å². The van der Waals surface area contributed by atoms with Gasteiger partial charge in [0.15, 0.2) is 0 Å². The standard InChI is InChI=1S/C22H48N6O2/c1-2-3-4-12-21(29)27-18-6-5-11-20(24)22(30)28-19-10-17-26-15-8-7-14-25-16-9-13-23/h20,25-26H,2-19,23-24H2,1H3,(H,27,29)(H,28,30)/t20-/m0/s1. The van der Waals surface area contributed by atoms with E-state index >= 15 is 0 Å². The van der Waals surface area contributed by atoms with Crippen molar-refractivity contribution in [2.75, 3.05) is 45.8 Å². The summed E-state index contributed by atoms with van der Waals surface area (Å²) < 4.78 is 0. The van der Waals surface area contributed by atoms with Gasteiger partial charge in [0, 0.05) is 19.5 Å². The number of amides is 2. The first-order valence-corrected chi connectivity index (χ1v) is 12.0. The number of unbranched alkanes of at least 4 members (excludes halogenated alkanes) is 4. The van der Waals surface area contributed by atoms with Crippen molar-refractivity contribution in [3.63, 3.8) is 0 Å². The summed E-state index contributed by atoms with van der Waals surface area (Å²) in [4.78, 5) is 23.6. The summed E-state index contributed by atoms with van der Waals surface area (Å²) in [5.41, 5.74) is 11.4. The Morgan fingerprint density at radius 1 is 0.733 bits per heavy atom. The van der Waals surface area contributed by atoms with Crippen molar-refractivity contribution in [1.82, 2.24) is 21.3 Å². The zero-order chi connectivity index (χ0) is 22.3. The van der Waals surface area contributed by atoms with Gasteiger partial charge in [-0.15, -0.1) is 0 Å². The van der Waals surface area contributed by atoms with Crippen LogP contribution >= 0.6 is 0 Å². The third-order valence-electron chi connectivity index (χ3n) is 4.95. The third-order valence-corrected chi connectivity index (χ3v) is 4.95. The van der Waals surface area contributed by atoms with Gasteiger partial charge in [0.1, 0.15) is 0 Å². The van der Waals surface area contributed by atoms with E-state index in [2.05, 4.69) is 28.2 Å². The predicted molar refractivity (Wildman–Crippen MR) is 125 cm³/mol. The van der Waals surface area contributed by atoms with Crippen LogP contribution in [0.2, 0.25) is 0 Å². The van der Waals surface area contributed by atoms with Crippen LogP contribution in [0.1, 0.15) is 77.6 Å². The Morgan fingerprint density at radius 3 is 2.00 bits per heavy atom. The molecule has 30 heavy (non-hydrogen) atoms. The Kier molecular flexibility index (Phi) is 21.6. The summed E-state index contributed by atoms with van der Waals surface area (Å²) in [6.45, 7) is 8.12. The molecule has 0 spiro atoms. The number of carbonyl (C=O) groups is 2. The minimum absolute atomic E-state index is 0.0813. The van der Waals surface area contributed by atoms with Gasteiger partial charge in [-0.1, -0.05) is 19.8 Å². The van der Waals surface area contributed by atoms with Gasteiger partial charge in [-0.25, -0.2) is 0 Å². The average molecular weight is 429 g/mol. The third kappa shape index (κ3) is 20.1. The molecule has 0 fully saturated rings. The molecule has 0 saturated carbocycles. The molecule has 1 atom stereocenters. The number of carbonyl (C=O) groups excluding carboxylic acids is 2. The molecule has 0 aromatic carbocycles. The fourth-order valence-corrected chi connectivity index (χ4v) is 3.01. The summed E-state index contributed by atoms with van der Waals surface area (Å²) in [6.07, 6.45) is 10.4. The molecule has 8 N–H and O–H groups in total. The van der Waals surface area contributed by atoms with Crippen LogP contribution in [0.5, 0.6) is 0 Å². The van der Waals surface area contributed by atoms with E-state index in [1.807, 2.05) is 0 Å². The highest BCUT2D eigenvalue weighted by atomic mass is 16.2. The highest BCUT2D eigenvalue weighted by molar-refractivity contribution is 5.81. The van der Waals surface area contributed by atoms with Crippen LogP contribution in [-0.4, -0.2) is 63.7 Å². The summed E-state index contributed by atoms with van der Waals surface area (Å²) in [7, 11) is 0. The van der Waals surface area contributed by atoms with Crippen LogP contribution < -0.4 is 32.7 Å². The van der Waals surface area contributed by atoms with E-state index < -0.39 is 6.04 Å². The highest BCUT2D eigenvalue weighted by Gasteiger charge is 2.12. The maximum Gasteiger partial charge on any atom is 0.236 e. The second kappa shape index (κ2) is 22.5. The molecule has 0 heterocycles. The molecule has 0 aromatic rings. The van der Waals surface area contributed by atoms with Gasteiger partial charge < -0.3 is 32.7 Å². The lowest BCUT2D eigenvalue weighted by molar-refractivity contribution is -0.123. The topological polar surface area (TPSA) is 134 Å². The van der Waals surface area contributed by atoms with E-state index in [1.165, 1.54) is 0 Å². The van der Waals surface area contributed by atoms with Crippen molar-refractivity contribution >= 4 is 11.8 Å².